The van der Waals surface area contributed by atoms with Crippen LogP contribution in [0.5, 0.6) is 5.75 Å². The van der Waals surface area contributed by atoms with Crippen molar-refractivity contribution in [3.05, 3.63) is 94.7 Å². The number of primary amides is 1. The van der Waals surface area contributed by atoms with Crippen LogP contribution in [0.25, 0.3) is 10.9 Å². The molecule has 0 saturated carbocycles. The molecule has 1 amide bonds. The number of rotatable bonds is 8. The highest BCUT2D eigenvalue weighted by Gasteiger charge is 2.16. The van der Waals surface area contributed by atoms with E-state index in [0.717, 1.165) is 46.4 Å². The van der Waals surface area contributed by atoms with Crippen LogP contribution in [-0.2, 0) is 13.0 Å². The fourth-order valence-electron chi connectivity index (χ4n) is 4.11. The second kappa shape index (κ2) is 9.71. The van der Waals surface area contributed by atoms with Gasteiger partial charge in [0.15, 0.2) is 0 Å². The van der Waals surface area contributed by atoms with Crippen LogP contribution in [0, 0.1) is 6.92 Å². The molecule has 0 bridgehead atoms. The zero-order valence-corrected chi connectivity index (χ0v) is 19.1. The number of hydrogen-bond donors (Lipinski definition) is 3. The van der Waals surface area contributed by atoms with E-state index in [0.29, 0.717) is 11.3 Å². The van der Waals surface area contributed by atoms with Gasteiger partial charge in [-0.1, -0.05) is 36.4 Å². The fraction of sp³-hybridized carbons (Fsp3) is 0.185. The monoisotopic (exact) mass is 440 g/mol. The van der Waals surface area contributed by atoms with Crippen LogP contribution < -0.4 is 21.1 Å². The number of anilines is 2. The fourth-order valence-corrected chi connectivity index (χ4v) is 4.11. The first-order valence-electron chi connectivity index (χ1n) is 10.8. The molecule has 4 rings (SSSR count). The molecule has 0 aliphatic rings. The third-order valence-corrected chi connectivity index (χ3v) is 5.61. The second-order valence-electron chi connectivity index (χ2n) is 8.10. The summed E-state index contributed by atoms with van der Waals surface area (Å²) in [5, 5.41) is 7.44. The van der Waals surface area contributed by atoms with Gasteiger partial charge in [-0.3, -0.25) is 9.78 Å². The number of nitrogens with two attached hydrogens (primary N) is 1. The van der Waals surface area contributed by atoms with Crippen molar-refractivity contribution < 1.29 is 9.53 Å². The van der Waals surface area contributed by atoms with Crippen LogP contribution in [-0.4, -0.2) is 25.0 Å². The highest BCUT2D eigenvalue weighted by Crippen LogP contribution is 2.33. The lowest BCUT2D eigenvalue weighted by molar-refractivity contribution is 0.100. The highest BCUT2D eigenvalue weighted by molar-refractivity contribution is 6.08. The third kappa shape index (κ3) is 4.96. The van der Waals surface area contributed by atoms with Crippen LogP contribution in [0.15, 0.2) is 66.9 Å². The van der Waals surface area contributed by atoms with Gasteiger partial charge in [-0.25, -0.2) is 0 Å². The van der Waals surface area contributed by atoms with Crippen molar-refractivity contribution >= 4 is 28.2 Å². The number of nitrogens with one attached hydrogen (secondary N) is 2. The lowest BCUT2D eigenvalue weighted by Gasteiger charge is -2.16. The standard InChI is InChI=1S/C27H28N4O2/c1-17-10-20(12-18-6-4-7-19(11-18)15-29-2)13-23-25(17)30-16-24(27(28)32)26(23)31-21-8-5-9-22(14-21)33-3/h4-11,13-14,16,29H,12,15H2,1-3H3,(H2,28,32)(H,30,31). The van der Waals surface area contributed by atoms with E-state index in [1.807, 2.05) is 38.2 Å². The molecule has 4 N–H and O–H groups in total. The minimum Gasteiger partial charge on any atom is -0.497 e. The predicted molar refractivity (Wildman–Crippen MR) is 133 cm³/mol. The van der Waals surface area contributed by atoms with E-state index in [9.17, 15) is 4.79 Å². The minimum atomic E-state index is -0.530. The normalized spacial score (nSPS) is 10.9. The summed E-state index contributed by atoms with van der Waals surface area (Å²) in [4.78, 5) is 16.8. The first-order valence-corrected chi connectivity index (χ1v) is 10.8. The van der Waals surface area contributed by atoms with Crippen molar-refractivity contribution in [1.82, 2.24) is 10.3 Å². The van der Waals surface area contributed by atoms with Gasteiger partial charge in [0.2, 0.25) is 0 Å². The Morgan fingerprint density at radius 2 is 1.82 bits per heavy atom. The van der Waals surface area contributed by atoms with Crippen LogP contribution in [0.2, 0.25) is 0 Å². The molecule has 0 aliphatic carbocycles. The molecule has 0 spiro atoms. The number of amides is 1. The number of hydrogen-bond acceptors (Lipinski definition) is 5. The Morgan fingerprint density at radius 3 is 2.58 bits per heavy atom. The molecule has 6 nitrogen and oxygen atoms in total. The van der Waals surface area contributed by atoms with Crippen molar-refractivity contribution in [3.8, 4) is 5.75 Å². The molecule has 0 aliphatic heterocycles. The van der Waals surface area contributed by atoms with E-state index in [1.54, 1.807) is 13.3 Å². The van der Waals surface area contributed by atoms with Crippen LogP contribution in [0.3, 0.4) is 0 Å². The third-order valence-electron chi connectivity index (χ3n) is 5.61. The zero-order valence-electron chi connectivity index (χ0n) is 19.1. The maximum Gasteiger partial charge on any atom is 0.252 e. The molecular weight excluding hydrogens is 412 g/mol. The number of ether oxygens (including phenoxy) is 1. The maximum atomic E-state index is 12.3. The zero-order chi connectivity index (χ0) is 23.4. The first kappa shape index (κ1) is 22.3. The van der Waals surface area contributed by atoms with Gasteiger partial charge in [-0.05, 0) is 60.8 Å². The van der Waals surface area contributed by atoms with Gasteiger partial charge in [0.05, 0.1) is 23.9 Å². The van der Waals surface area contributed by atoms with Gasteiger partial charge in [-0.2, -0.15) is 0 Å². The summed E-state index contributed by atoms with van der Waals surface area (Å²) in [5.74, 6) is 0.190. The van der Waals surface area contributed by atoms with Gasteiger partial charge >= 0.3 is 0 Å². The molecule has 0 fully saturated rings. The molecule has 1 aromatic heterocycles. The van der Waals surface area contributed by atoms with Crippen molar-refractivity contribution in [1.29, 1.82) is 0 Å². The number of carbonyl (C=O) groups is 1. The summed E-state index contributed by atoms with van der Waals surface area (Å²) in [5.41, 5.74) is 13.0. The molecule has 33 heavy (non-hydrogen) atoms. The Labute approximate surface area is 193 Å². The summed E-state index contributed by atoms with van der Waals surface area (Å²) in [6.07, 6.45) is 2.31. The van der Waals surface area contributed by atoms with E-state index in [-0.39, 0.29) is 0 Å². The number of methoxy groups -OCH3 is 1. The van der Waals surface area contributed by atoms with Crippen molar-refractivity contribution in [2.75, 3.05) is 19.5 Å². The number of pyridine rings is 1. The molecule has 3 aromatic carbocycles. The van der Waals surface area contributed by atoms with Gasteiger partial charge in [0.25, 0.3) is 5.91 Å². The summed E-state index contributed by atoms with van der Waals surface area (Å²) in [6.45, 7) is 2.86. The SMILES string of the molecule is CNCc1cccc(Cc2cc(C)c3ncc(C(N)=O)c(Nc4cccc(OC)c4)c3c2)c1. The summed E-state index contributed by atoms with van der Waals surface area (Å²) in [6, 6.07) is 20.3. The van der Waals surface area contributed by atoms with Gasteiger partial charge < -0.3 is 21.1 Å². The van der Waals surface area contributed by atoms with E-state index in [4.69, 9.17) is 10.5 Å². The van der Waals surface area contributed by atoms with Crippen molar-refractivity contribution in [2.24, 2.45) is 5.73 Å². The van der Waals surface area contributed by atoms with E-state index in [2.05, 4.69) is 52.0 Å². The quantitative estimate of drug-likeness (QED) is 0.369. The minimum absolute atomic E-state index is 0.345. The van der Waals surface area contributed by atoms with E-state index < -0.39 is 5.91 Å². The summed E-state index contributed by atoms with van der Waals surface area (Å²) < 4.78 is 5.34. The van der Waals surface area contributed by atoms with Gasteiger partial charge in [0.1, 0.15) is 5.75 Å². The lowest BCUT2D eigenvalue weighted by atomic mass is 9.97. The van der Waals surface area contributed by atoms with E-state index >= 15 is 0 Å². The molecule has 4 aromatic rings. The van der Waals surface area contributed by atoms with Crippen LogP contribution in [0.4, 0.5) is 11.4 Å². The molecule has 168 valence electrons. The smallest absolute Gasteiger partial charge is 0.252 e. The number of aromatic nitrogens is 1. The van der Waals surface area contributed by atoms with Crippen molar-refractivity contribution in [3.63, 3.8) is 0 Å². The second-order valence-corrected chi connectivity index (χ2v) is 8.10. The molecule has 0 radical (unpaired) electrons. The average molecular weight is 441 g/mol. The molecule has 1 heterocycles. The highest BCUT2D eigenvalue weighted by atomic mass is 16.5. The summed E-state index contributed by atoms with van der Waals surface area (Å²) in [7, 11) is 3.57. The predicted octanol–water partition coefficient (Wildman–Crippen LogP) is 4.70. The maximum absolute atomic E-state index is 12.3. The Morgan fingerprint density at radius 1 is 1.03 bits per heavy atom. The Balaban J connectivity index is 1.81. The number of nitrogens with zero attached hydrogens (tertiary/aromatic N) is 1. The number of benzene rings is 3. The topological polar surface area (TPSA) is 89.3 Å². The first-order chi connectivity index (χ1) is 16.0. The number of aryl methyl sites for hydroxylation is 1. The van der Waals surface area contributed by atoms with Crippen molar-refractivity contribution in [2.45, 2.75) is 19.9 Å². The Bertz CT molecular complexity index is 1320. The molecular formula is C27H28N4O2. The van der Waals surface area contributed by atoms with Crippen LogP contribution >= 0.6 is 0 Å². The molecule has 0 atom stereocenters. The van der Waals surface area contributed by atoms with Crippen LogP contribution in [0.1, 0.15) is 32.6 Å². The lowest BCUT2D eigenvalue weighted by Crippen LogP contribution is -2.14. The average Bonchev–Trinajstić information content (AvgIpc) is 2.80. The summed E-state index contributed by atoms with van der Waals surface area (Å²) >= 11 is 0. The Kier molecular flexibility index (Phi) is 6.56. The molecule has 6 heteroatoms. The Hall–Kier alpha value is -3.90. The number of fused-ring (bicyclic) bond motifs is 1. The van der Waals surface area contributed by atoms with Gasteiger partial charge in [-0.15, -0.1) is 0 Å². The van der Waals surface area contributed by atoms with Gasteiger partial charge in [0, 0.05) is 29.9 Å². The largest absolute Gasteiger partial charge is 0.497 e. The number of carbonyl (C=O) groups excluding carboxylic acids is 1. The molecule has 0 unspecified atom stereocenters. The van der Waals surface area contributed by atoms with E-state index in [1.165, 1.54) is 11.1 Å². The molecule has 0 saturated heterocycles.